The molecule has 5 rings (SSSR count). The molecule has 0 aliphatic heterocycles. The summed E-state index contributed by atoms with van der Waals surface area (Å²) >= 11 is 0. The molecule has 0 radical (unpaired) electrons. The quantitative estimate of drug-likeness (QED) is 0.0364. The van der Waals surface area contributed by atoms with Gasteiger partial charge < -0.3 is 21.1 Å². The molecule has 0 aliphatic carbocycles. The van der Waals surface area contributed by atoms with Gasteiger partial charge in [0.1, 0.15) is 22.0 Å². The first-order valence-electron chi connectivity index (χ1n) is 18.7. The highest BCUT2D eigenvalue weighted by Gasteiger charge is 2.24. The number of benzene rings is 3. The molecule has 0 atom stereocenters. The maximum atomic E-state index is 12.9. The van der Waals surface area contributed by atoms with Crippen molar-refractivity contribution in [1.29, 1.82) is 0 Å². The van der Waals surface area contributed by atoms with Crippen LogP contribution >= 0.6 is 0 Å². The van der Waals surface area contributed by atoms with E-state index in [-0.39, 0.29) is 56.8 Å². The van der Waals surface area contributed by atoms with Gasteiger partial charge in [0.2, 0.25) is 23.7 Å². The van der Waals surface area contributed by atoms with E-state index in [0.29, 0.717) is 4.57 Å². The lowest BCUT2D eigenvalue weighted by atomic mass is 10.1. The van der Waals surface area contributed by atoms with Crippen LogP contribution < -0.4 is 21.5 Å². The molecule has 8 N–H and O–H groups in total. The van der Waals surface area contributed by atoms with Crippen LogP contribution in [0.2, 0.25) is 0 Å². The SMILES string of the molecule is CCn1c(O)c(N=Nc2cc(Nc3nc(Nc4ccc(S(=O)(=O)CCOS(=O)(=O)O)cc4)nc(Nc4ccc(S(=O)(=O)CCOS(=O)(=O)O)cc4)n3)ccc2S(=O)(=O)O)c(C)c(CS(=O)(=O)O)c1=O. The Hall–Kier alpha value is -6.12. The van der Waals surface area contributed by atoms with Crippen molar-refractivity contribution >= 4 is 107 Å². The van der Waals surface area contributed by atoms with Crippen LogP contribution in [-0.4, -0.2) is 118 Å². The number of anilines is 6. The predicted octanol–water partition coefficient (Wildman–Crippen LogP) is 2.53. The predicted molar refractivity (Wildman–Crippen MR) is 240 cm³/mol. The van der Waals surface area contributed by atoms with Crippen molar-refractivity contribution in [2.75, 3.05) is 40.7 Å². The number of hydrogen-bond donors (Lipinski definition) is 8. The first-order chi connectivity index (χ1) is 31.8. The normalized spacial score (nSPS) is 12.8. The molecule has 0 fully saturated rings. The Labute approximate surface area is 392 Å². The van der Waals surface area contributed by atoms with Crippen molar-refractivity contribution < 1.29 is 82.2 Å². The lowest BCUT2D eigenvalue weighted by molar-refractivity contribution is 0.282. The van der Waals surface area contributed by atoms with E-state index in [1.807, 2.05) is 0 Å². The molecule has 69 heavy (non-hydrogen) atoms. The molecule has 3 aromatic carbocycles. The molecule has 0 bridgehead atoms. The minimum absolute atomic E-state index is 0.0638. The second-order valence-electron chi connectivity index (χ2n) is 13.8. The van der Waals surface area contributed by atoms with Crippen molar-refractivity contribution in [3.05, 3.63) is 88.2 Å². The first kappa shape index (κ1) is 53.8. The standard InChI is InChI=1S/C34H37N9O20S6/c1-3-43-30(44)26(19-66(50,51)52)20(2)29(31(43)45)42-41-27-18-23(8-13-28(27)67(53,54)55)37-34-39-32(35-21-4-9-24(10-5-21)64(46,47)16-14-62-68(56,57)58)38-33(40-34)36-22-6-11-25(12-7-22)65(48,49)17-15-63-69(59,60)61/h4-13,18,45H,3,14-17,19H2,1-2H3,(H,50,51,52)(H,53,54,55)(H,56,57,58)(H,59,60,61)(H3,35,36,37,38,39,40). The van der Waals surface area contributed by atoms with Gasteiger partial charge in [-0.25, -0.2) is 25.2 Å². The second kappa shape index (κ2) is 20.9. The number of azo groups is 1. The summed E-state index contributed by atoms with van der Waals surface area (Å²) in [5.41, 5.74) is -2.57. The number of aromatic nitrogens is 4. The van der Waals surface area contributed by atoms with Crippen LogP contribution in [0.15, 0.2) is 96.4 Å². The number of aromatic hydroxyl groups is 1. The number of nitrogens with zero attached hydrogens (tertiary/aromatic N) is 6. The van der Waals surface area contributed by atoms with E-state index in [9.17, 15) is 69.5 Å². The fourth-order valence-corrected chi connectivity index (χ4v) is 10.1. The summed E-state index contributed by atoms with van der Waals surface area (Å²) in [6, 6.07) is 12.6. The number of rotatable bonds is 22. The highest BCUT2D eigenvalue weighted by molar-refractivity contribution is 7.91. The Morgan fingerprint density at radius 2 is 1.04 bits per heavy atom. The fourth-order valence-electron chi connectivity index (χ4n) is 5.77. The van der Waals surface area contributed by atoms with Gasteiger partial charge in [0, 0.05) is 29.2 Å². The topological polar surface area (TPSA) is 446 Å². The minimum atomic E-state index is -5.06. The van der Waals surface area contributed by atoms with Gasteiger partial charge in [-0.15, -0.1) is 10.2 Å². The molecule has 0 aliphatic rings. The Bertz CT molecular complexity index is 3430. The zero-order chi connectivity index (χ0) is 51.3. The minimum Gasteiger partial charge on any atom is -0.493 e. The number of sulfone groups is 2. The van der Waals surface area contributed by atoms with Gasteiger partial charge in [0.15, 0.2) is 19.7 Å². The van der Waals surface area contributed by atoms with Gasteiger partial charge in [-0.3, -0.25) is 27.6 Å². The van der Waals surface area contributed by atoms with Crippen LogP contribution in [0.1, 0.15) is 18.1 Å². The van der Waals surface area contributed by atoms with Crippen molar-refractivity contribution in [2.24, 2.45) is 10.2 Å². The Morgan fingerprint density at radius 3 is 1.43 bits per heavy atom. The number of hydrogen-bond acceptors (Lipinski definition) is 24. The Balaban J connectivity index is 1.53. The first-order valence-corrected chi connectivity index (χ1v) is 27.8. The van der Waals surface area contributed by atoms with Gasteiger partial charge in [-0.1, -0.05) is 0 Å². The van der Waals surface area contributed by atoms with Gasteiger partial charge >= 0.3 is 20.8 Å². The highest BCUT2D eigenvalue weighted by Crippen LogP contribution is 2.36. The average molecular weight is 1080 g/mol. The summed E-state index contributed by atoms with van der Waals surface area (Å²) in [4.78, 5) is 24.3. The molecule has 0 amide bonds. The van der Waals surface area contributed by atoms with Gasteiger partial charge in [-0.05, 0) is 86.1 Å². The maximum Gasteiger partial charge on any atom is 0.397 e. The lowest BCUT2D eigenvalue weighted by Gasteiger charge is -2.14. The molecular formula is C34H37N9O20S6. The molecule has 374 valence electrons. The van der Waals surface area contributed by atoms with Crippen LogP contribution in [0.3, 0.4) is 0 Å². The average Bonchev–Trinajstić information content (AvgIpc) is 3.21. The van der Waals surface area contributed by atoms with E-state index >= 15 is 0 Å². The fraction of sp³-hybridized carbons (Fsp3) is 0.235. The molecule has 2 heterocycles. The summed E-state index contributed by atoms with van der Waals surface area (Å²) in [5, 5.41) is 27.0. The van der Waals surface area contributed by atoms with E-state index in [2.05, 4.69) is 49.5 Å². The molecule has 0 spiro atoms. The summed E-state index contributed by atoms with van der Waals surface area (Å²) in [6.45, 7) is 0.624. The van der Waals surface area contributed by atoms with Gasteiger partial charge in [-0.2, -0.15) is 48.6 Å². The summed E-state index contributed by atoms with van der Waals surface area (Å²) in [7, 11) is -27.9. The van der Waals surface area contributed by atoms with Crippen LogP contribution in [0.4, 0.5) is 46.3 Å². The molecule has 0 unspecified atom stereocenters. The van der Waals surface area contributed by atoms with Crippen molar-refractivity contribution in [3.8, 4) is 5.88 Å². The van der Waals surface area contributed by atoms with Crippen molar-refractivity contribution in [3.63, 3.8) is 0 Å². The van der Waals surface area contributed by atoms with E-state index in [1.165, 1.54) is 38.1 Å². The van der Waals surface area contributed by atoms with Crippen LogP contribution in [0, 0.1) is 6.92 Å². The van der Waals surface area contributed by atoms with Crippen LogP contribution in [-0.2, 0) is 81.4 Å². The number of pyridine rings is 1. The maximum absolute atomic E-state index is 12.9. The zero-order valence-corrected chi connectivity index (χ0v) is 40.0. The van der Waals surface area contributed by atoms with E-state index in [0.717, 1.165) is 42.5 Å². The van der Waals surface area contributed by atoms with Crippen molar-refractivity contribution in [1.82, 2.24) is 19.5 Å². The monoisotopic (exact) mass is 1080 g/mol. The van der Waals surface area contributed by atoms with E-state index in [4.69, 9.17) is 9.11 Å². The smallest absolute Gasteiger partial charge is 0.397 e. The van der Waals surface area contributed by atoms with E-state index in [1.54, 1.807) is 0 Å². The Morgan fingerprint density at radius 1 is 0.623 bits per heavy atom. The van der Waals surface area contributed by atoms with Crippen molar-refractivity contribution in [2.45, 2.75) is 40.8 Å². The van der Waals surface area contributed by atoms with Crippen LogP contribution in [0.5, 0.6) is 5.88 Å². The highest BCUT2D eigenvalue weighted by atomic mass is 32.3. The van der Waals surface area contributed by atoms with Crippen LogP contribution in [0.25, 0.3) is 0 Å². The second-order valence-corrected chi connectivity index (χ2v) is 23.0. The summed E-state index contributed by atoms with van der Waals surface area (Å²) < 4.78 is 188. The van der Waals surface area contributed by atoms with Gasteiger partial charge in [0.25, 0.3) is 25.8 Å². The lowest BCUT2D eigenvalue weighted by Crippen LogP contribution is -2.26. The zero-order valence-electron chi connectivity index (χ0n) is 35.1. The molecule has 0 saturated heterocycles. The largest absolute Gasteiger partial charge is 0.493 e. The third-order valence-electron chi connectivity index (χ3n) is 8.92. The third kappa shape index (κ3) is 15.2. The molecule has 35 heteroatoms. The molecule has 2 aromatic heterocycles. The molecular weight excluding hydrogens is 1050 g/mol. The number of nitrogens with one attached hydrogen (secondary N) is 3. The summed E-state index contributed by atoms with van der Waals surface area (Å²) in [6.07, 6.45) is 0. The molecule has 5 aromatic rings. The third-order valence-corrected chi connectivity index (χ3v) is 14.8. The molecule has 0 saturated carbocycles. The molecule has 29 nitrogen and oxygen atoms in total. The summed E-state index contributed by atoms with van der Waals surface area (Å²) in [5.74, 6) is -4.49. The van der Waals surface area contributed by atoms with E-state index < -0.39 is 124 Å². The van der Waals surface area contributed by atoms with Gasteiger partial charge in [0.05, 0.1) is 34.5 Å². The Kier molecular flexibility index (Phi) is 16.3.